The van der Waals surface area contributed by atoms with Gasteiger partial charge in [-0.25, -0.2) is 9.14 Å². The third kappa shape index (κ3) is 6.57. The lowest BCUT2D eigenvalue weighted by atomic mass is 9.94. The molecule has 0 aromatic heterocycles. The highest BCUT2D eigenvalue weighted by Gasteiger charge is 2.30. The number of nitrogens with zero attached hydrogens (tertiary/aromatic N) is 2. The molecule has 9 nitrogen and oxygen atoms in total. The predicted octanol–water partition coefficient (Wildman–Crippen LogP) is 2.44. The second kappa shape index (κ2) is 11.0. The summed E-state index contributed by atoms with van der Waals surface area (Å²) in [5.41, 5.74) is 4.86. The fourth-order valence-corrected chi connectivity index (χ4v) is 5.04. The first-order chi connectivity index (χ1) is 16.7. The van der Waals surface area contributed by atoms with Crippen molar-refractivity contribution in [2.75, 3.05) is 19.8 Å². The Morgan fingerprint density at radius 2 is 1.83 bits per heavy atom. The molecule has 0 bridgehead atoms. The van der Waals surface area contributed by atoms with Gasteiger partial charge in [0, 0.05) is 5.92 Å². The van der Waals surface area contributed by atoms with Crippen LogP contribution in [0.25, 0.3) is 17.2 Å². The van der Waals surface area contributed by atoms with Gasteiger partial charge >= 0.3 is 16.9 Å². The highest BCUT2D eigenvalue weighted by atomic mass is 31.2. The van der Waals surface area contributed by atoms with Crippen LogP contribution in [0.5, 0.6) is 0 Å². The summed E-state index contributed by atoms with van der Waals surface area (Å²) in [6, 6.07) is 15.9. The van der Waals surface area contributed by atoms with E-state index in [9.17, 15) is 14.5 Å². The van der Waals surface area contributed by atoms with Crippen LogP contribution >= 0.6 is 7.82 Å². The molecule has 1 radical (unpaired) electrons. The van der Waals surface area contributed by atoms with Crippen molar-refractivity contribution >= 4 is 34.1 Å². The Balaban J connectivity index is 1.51. The van der Waals surface area contributed by atoms with Gasteiger partial charge in [-0.3, -0.25) is 4.52 Å². The first-order valence-corrected chi connectivity index (χ1v) is 14.5. The quantitative estimate of drug-likeness (QED) is 0.242. The highest BCUT2D eigenvalue weighted by molar-refractivity contribution is 7.46. The van der Waals surface area contributed by atoms with Crippen LogP contribution in [-0.2, 0) is 13.8 Å². The monoisotopic (exact) mass is 514 g/mol. The molecule has 2 aliphatic heterocycles. The summed E-state index contributed by atoms with van der Waals surface area (Å²) in [7, 11) is -6.57. The summed E-state index contributed by atoms with van der Waals surface area (Å²) in [5, 5.41) is 10.0. The lowest BCUT2D eigenvalue weighted by Gasteiger charge is -2.13. The minimum Gasteiger partial charge on any atom is -0.422 e. The largest absolute Gasteiger partial charge is 0.470 e. The van der Waals surface area contributed by atoms with Crippen LogP contribution < -0.4 is 0 Å². The molecule has 2 aromatic rings. The fraction of sp³-hybridized carbons (Fsp3) is 0.250. The Hall–Kier alpha value is -2.53. The Bertz CT molecular complexity index is 1220. The van der Waals surface area contributed by atoms with Crippen molar-refractivity contribution in [3.63, 3.8) is 0 Å². The van der Waals surface area contributed by atoms with E-state index in [1.165, 1.54) is 6.20 Å². The molecule has 4 rings (SSSR count). The number of phosphoric acid groups is 1. The van der Waals surface area contributed by atoms with Gasteiger partial charge in [-0.15, -0.1) is 0 Å². The van der Waals surface area contributed by atoms with Crippen LogP contribution in [0.3, 0.4) is 0 Å². The highest BCUT2D eigenvalue weighted by Crippen LogP contribution is 2.35. The summed E-state index contributed by atoms with van der Waals surface area (Å²) in [5.74, 6) is 0.00310. The number of aliphatic hydroxyl groups is 1. The minimum absolute atomic E-state index is 0.00310. The van der Waals surface area contributed by atoms with Gasteiger partial charge in [0.15, 0.2) is 6.20 Å². The standard InChI is InChI=1S/C24H26N2O7PSi/c1-35(31)24-25-12-13-26(24)21(14-33-34(28,29)30)11-4-17-2-5-18(6-3-17)19-7-9-20(10-8-19)22-15-32-16-23(22)27/h2-13,22-23,27,31H,14-16H2,1H3,(H-,28,29,30)/p+1/b11-4+,26-21+/t22-,23+/m1/s1. The Labute approximate surface area is 205 Å². The van der Waals surface area contributed by atoms with E-state index in [-0.39, 0.29) is 12.5 Å². The van der Waals surface area contributed by atoms with Gasteiger partial charge in [-0.05, 0) is 34.9 Å². The number of ether oxygens (including phenoxy) is 1. The van der Waals surface area contributed by atoms with Crippen LogP contribution in [0, 0.1) is 0 Å². The maximum Gasteiger partial charge on any atom is 0.470 e. The molecule has 2 atom stereocenters. The zero-order valence-electron chi connectivity index (χ0n) is 19.1. The molecule has 183 valence electrons. The molecule has 2 heterocycles. The number of aliphatic imine (C=N–C) groups is 1. The first kappa shape index (κ1) is 25.6. The zero-order valence-corrected chi connectivity index (χ0v) is 21.0. The predicted molar refractivity (Wildman–Crippen MR) is 134 cm³/mol. The number of benzene rings is 2. The van der Waals surface area contributed by atoms with Gasteiger partial charge in [0.2, 0.25) is 0 Å². The molecule has 11 heteroatoms. The van der Waals surface area contributed by atoms with E-state index in [1.54, 1.807) is 29.5 Å². The van der Waals surface area contributed by atoms with Crippen molar-refractivity contribution in [2.45, 2.75) is 18.6 Å². The van der Waals surface area contributed by atoms with E-state index in [2.05, 4.69) is 4.99 Å². The molecule has 0 amide bonds. The topological polar surface area (TPSA) is 132 Å². The molecule has 2 aliphatic rings. The van der Waals surface area contributed by atoms with Crippen molar-refractivity contribution in [1.29, 1.82) is 0 Å². The third-order valence-electron chi connectivity index (χ3n) is 5.76. The van der Waals surface area contributed by atoms with Crippen LogP contribution in [0.15, 0.2) is 72.0 Å². The summed E-state index contributed by atoms with van der Waals surface area (Å²) in [4.78, 5) is 32.5. The van der Waals surface area contributed by atoms with E-state index in [0.29, 0.717) is 24.4 Å². The van der Waals surface area contributed by atoms with Crippen LogP contribution in [-0.4, -0.2) is 70.4 Å². The minimum atomic E-state index is -4.67. The summed E-state index contributed by atoms with van der Waals surface area (Å²) in [6.45, 7) is 2.20. The normalized spacial score (nSPS) is 21.8. The molecule has 2 aromatic carbocycles. The van der Waals surface area contributed by atoms with E-state index < -0.39 is 23.0 Å². The lowest BCUT2D eigenvalue weighted by Crippen LogP contribution is -2.33. The maximum absolute atomic E-state index is 11.2. The molecule has 4 N–H and O–H groups in total. The zero-order chi connectivity index (χ0) is 25.0. The van der Waals surface area contributed by atoms with Crippen LogP contribution in [0.1, 0.15) is 17.0 Å². The average Bonchev–Trinajstić information content (AvgIpc) is 3.48. The fourth-order valence-electron chi connectivity index (χ4n) is 3.91. The molecule has 1 fully saturated rings. The van der Waals surface area contributed by atoms with Gasteiger partial charge in [-0.2, -0.15) is 0 Å². The molecule has 0 saturated carbocycles. The van der Waals surface area contributed by atoms with E-state index >= 15 is 0 Å². The number of phosphoric ester groups is 1. The molecule has 0 spiro atoms. The third-order valence-corrected chi connectivity index (χ3v) is 7.24. The van der Waals surface area contributed by atoms with Crippen LogP contribution in [0.4, 0.5) is 0 Å². The van der Waals surface area contributed by atoms with Crippen molar-refractivity contribution in [1.82, 2.24) is 0 Å². The molecule has 35 heavy (non-hydrogen) atoms. The summed E-state index contributed by atoms with van der Waals surface area (Å²) in [6.07, 6.45) is 6.15. The Kier molecular flexibility index (Phi) is 8.05. The van der Waals surface area contributed by atoms with Gasteiger partial charge in [0.1, 0.15) is 18.5 Å². The van der Waals surface area contributed by atoms with Crippen molar-refractivity contribution in [3.8, 4) is 11.1 Å². The number of amidine groups is 1. The molecular formula is C24H27N2O7PSi+. The molecule has 0 aliphatic carbocycles. The summed E-state index contributed by atoms with van der Waals surface area (Å²) < 4.78 is 22.9. The van der Waals surface area contributed by atoms with Gasteiger partial charge in [0.05, 0.1) is 19.3 Å². The second-order valence-electron chi connectivity index (χ2n) is 8.25. The maximum atomic E-state index is 11.2. The van der Waals surface area contributed by atoms with E-state index in [0.717, 1.165) is 22.3 Å². The number of aliphatic hydroxyl groups excluding tert-OH is 1. The number of hydrogen-bond donors (Lipinski definition) is 4. The SMILES string of the molecule is C[Si](O)C1=NC=C/[N+]1=C(/C=C/c1ccc(-c2ccc([C@H]3COC[C@@H]3O)cc2)cc1)COP(=O)(O)O. The van der Waals surface area contributed by atoms with Crippen molar-refractivity contribution in [2.24, 2.45) is 4.99 Å². The van der Waals surface area contributed by atoms with Gasteiger partial charge in [-0.1, -0.05) is 59.6 Å². The van der Waals surface area contributed by atoms with E-state index in [1.807, 2.05) is 48.5 Å². The van der Waals surface area contributed by atoms with Gasteiger partial charge < -0.3 is 24.4 Å². The average molecular weight is 515 g/mol. The number of rotatable bonds is 8. The van der Waals surface area contributed by atoms with Crippen LogP contribution in [0.2, 0.25) is 6.55 Å². The Morgan fingerprint density at radius 1 is 1.17 bits per heavy atom. The van der Waals surface area contributed by atoms with Crippen molar-refractivity contribution < 1.29 is 38.1 Å². The number of hydrogen-bond acceptors (Lipinski definition) is 6. The van der Waals surface area contributed by atoms with Crippen molar-refractivity contribution in [3.05, 3.63) is 78.1 Å². The smallest absolute Gasteiger partial charge is 0.422 e. The Morgan fingerprint density at radius 3 is 2.40 bits per heavy atom. The molecule has 1 saturated heterocycles. The second-order valence-corrected chi connectivity index (χ2v) is 11.1. The molecular weight excluding hydrogens is 487 g/mol. The van der Waals surface area contributed by atoms with Gasteiger partial charge in [0.25, 0.3) is 5.46 Å². The first-order valence-electron chi connectivity index (χ1n) is 11.0. The molecule has 0 unspecified atom stereocenters. The summed E-state index contributed by atoms with van der Waals surface area (Å²) >= 11 is 0. The lowest BCUT2D eigenvalue weighted by molar-refractivity contribution is -0.317. The van der Waals surface area contributed by atoms with E-state index in [4.69, 9.17) is 19.0 Å².